The number of nitrogens with one attached hydrogen (secondary N) is 2. The van der Waals surface area contributed by atoms with Gasteiger partial charge in [-0.25, -0.2) is 4.98 Å². The first-order valence-corrected chi connectivity index (χ1v) is 8.37. The number of nitrogens with zero attached hydrogens (tertiary/aromatic N) is 2. The fourth-order valence-electron chi connectivity index (χ4n) is 1.89. The molecule has 9 nitrogen and oxygen atoms in total. The number of fused-ring (bicyclic) bond motifs is 1. The van der Waals surface area contributed by atoms with Gasteiger partial charge in [-0.1, -0.05) is 35.3 Å². The summed E-state index contributed by atoms with van der Waals surface area (Å²) in [6.07, 6.45) is 0. The molecule has 1 aromatic heterocycles. The van der Waals surface area contributed by atoms with Gasteiger partial charge in [0.05, 0.1) is 15.1 Å². The number of Topliss-reactive ketones (excluding diaryl/α,β-unsaturated/α-hetero) is 1. The molecule has 0 saturated carbocycles. The highest BCUT2D eigenvalue weighted by Gasteiger charge is 2.38. The SMILES string of the molecule is O=C(Nc1nc2ccc([N+](=O)[O-])cc2s1)C(=O)C1SC(=S)NC1=O. The Morgan fingerprint density at radius 2 is 2.17 bits per heavy atom. The Bertz CT molecular complexity index is 925. The van der Waals surface area contributed by atoms with Crippen LogP contribution in [-0.2, 0) is 14.4 Å². The number of carbonyl (C=O) groups excluding carboxylic acids is 3. The molecule has 2 heterocycles. The van der Waals surface area contributed by atoms with Crippen molar-refractivity contribution < 1.29 is 19.3 Å². The number of rotatable bonds is 4. The zero-order valence-electron chi connectivity index (χ0n) is 11.5. The summed E-state index contributed by atoms with van der Waals surface area (Å²) < 4.78 is 0.625. The molecule has 2 aromatic rings. The Labute approximate surface area is 147 Å². The summed E-state index contributed by atoms with van der Waals surface area (Å²) in [5.41, 5.74) is 0.343. The highest BCUT2D eigenvalue weighted by molar-refractivity contribution is 8.25. The van der Waals surface area contributed by atoms with E-state index in [9.17, 15) is 24.5 Å². The number of ketones is 1. The Balaban J connectivity index is 1.78. The first kappa shape index (κ1) is 16.4. The fourth-order valence-corrected chi connectivity index (χ4v) is 3.92. The molecule has 2 amide bonds. The number of thiocarbonyl (C=S) groups is 1. The summed E-state index contributed by atoms with van der Waals surface area (Å²) in [4.78, 5) is 49.8. The first-order valence-electron chi connectivity index (χ1n) is 6.27. The van der Waals surface area contributed by atoms with Gasteiger partial charge in [-0.3, -0.25) is 29.8 Å². The van der Waals surface area contributed by atoms with Crippen molar-refractivity contribution in [1.29, 1.82) is 0 Å². The van der Waals surface area contributed by atoms with Gasteiger partial charge < -0.3 is 5.32 Å². The van der Waals surface area contributed by atoms with Gasteiger partial charge in [0.15, 0.2) is 10.4 Å². The van der Waals surface area contributed by atoms with Gasteiger partial charge in [0, 0.05) is 12.1 Å². The molecule has 1 unspecified atom stereocenters. The van der Waals surface area contributed by atoms with E-state index in [1.54, 1.807) is 0 Å². The van der Waals surface area contributed by atoms with E-state index in [-0.39, 0.29) is 15.1 Å². The predicted octanol–water partition coefficient (Wildman–Crippen LogP) is 1.23. The molecule has 1 aliphatic heterocycles. The van der Waals surface area contributed by atoms with Crippen molar-refractivity contribution in [2.24, 2.45) is 0 Å². The molecular weight excluding hydrogens is 376 g/mol. The molecule has 0 bridgehead atoms. The number of anilines is 1. The van der Waals surface area contributed by atoms with Crippen LogP contribution in [0.5, 0.6) is 0 Å². The van der Waals surface area contributed by atoms with E-state index in [2.05, 4.69) is 15.6 Å². The van der Waals surface area contributed by atoms with Crippen LogP contribution in [0.1, 0.15) is 0 Å². The van der Waals surface area contributed by atoms with Gasteiger partial charge in [-0.2, -0.15) is 0 Å². The van der Waals surface area contributed by atoms with Crippen LogP contribution < -0.4 is 10.6 Å². The van der Waals surface area contributed by atoms with Crippen molar-refractivity contribution in [3.8, 4) is 0 Å². The Hall–Kier alpha value is -2.44. The highest BCUT2D eigenvalue weighted by Crippen LogP contribution is 2.29. The van der Waals surface area contributed by atoms with Crippen LogP contribution in [-0.4, -0.2) is 37.1 Å². The lowest BCUT2D eigenvalue weighted by Gasteiger charge is -2.03. The number of benzene rings is 1. The molecule has 1 atom stereocenters. The van der Waals surface area contributed by atoms with Gasteiger partial charge in [0.2, 0.25) is 11.7 Å². The van der Waals surface area contributed by atoms with Crippen LogP contribution in [0, 0.1) is 10.1 Å². The van der Waals surface area contributed by atoms with Crippen LogP contribution in [0.15, 0.2) is 18.2 Å². The second-order valence-corrected chi connectivity index (χ2v) is 7.33. The van der Waals surface area contributed by atoms with E-state index < -0.39 is 27.8 Å². The molecule has 1 fully saturated rings. The fraction of sp³-hybridized carbons (Fsp3) is 0.0833. The average molecular weight is 382 g/mol. The predicted molar refractivity (Wildman–Crippen MR) is 92.0 cm³/mol. The smallest absolute Gasteiger partial charge is 0.295 e. The lowest BCUT2D eigenvalue weighted by molar-refractivity contribution is -0.384. The van der Waals surface area contributed by atoms with Crippen LogP contribution in [0.25, 0.3) is 10.2 Å². The highest BCUT2D eigenvalue weighted by atomic mass is 32.2. The number of nitro benzene ring substituents is 1. The van der Waals surface area contributed by atoms with Crippen molar-refractivity contribution in [3.63, 3.8) is 0 Å². The van der Waals surface area contributed by atoms with Gasteiger partial charge in [-0.15, -0.1) is 0 Å². The zero-order valence-corrected chi connectivity index (χ0v) is 13.9. The minimum Gasteiger partial charge on any atom is -0.310 e. The van der Waals surface area contributed by atoms with Gasteiger partial charge in [-0.05, 0) is 6.07 Å². The normalized spacial score (nSPS) is 16.9. The standard InChI is InChI=1S/C12H6N4O5S3/c17-7(8-10(19)15-12(22)24-8)9(18)14-11-13-5-2-1-4(16(20)21)3-6(5)23-11/h1-3,8H,(H,13,14,18)(H,15,19,22). The monoisotopic (exact) mass is 382 g/mol. The topological polar surface area (TPSA) is 131 Å². The lowest BCUT2D eigenvalue weighted by Crippen LogP contribution is -2.37. The van der Waals surface area contributed by atoms with Gasteiger partial charge in [0.25, 0.3) is 11.6 Å². The van der Waals surface area contributed by atoms with E-state index in [0.717, 1.165) is 23.1 Å². The van der Waals surface area contributed by atoms with Crippen LogP contribution in [0.4, 0.5) is 10.8 Å². The summed E-state index contributed by atoms with van der Waals surface area (Å²) in [6.45, 7) is 0. The second-order valence-electron chi connectivity index (χ2n) is 4.52. The number of non-ortho nitro benzene ring substituents is 1. The summed E-state index contributed by atoms with van der Waals surface area (Å²) in [5.74, 6) is -2.58. The Kier molecular flexibility index (Phi) is 4.26. The number of thiazole rings is 1. The second kappa shape index (κ2) is 6.22. The molecule has 2 N–H and O–H groups in total. The third-order valence-electron chi connectivity index (χ3n) is 2.95. The molecule has 0 spiro atoms. The number of amides is 2. The minimum absolute atomic E-state index is 0.104. The maximum Gasteiger partial charge on any atom is 0.295 e. The number of aromatic nitrogens is 1. The molecule has 122 valence electrons. The number of hydrogen-bond acceptors (Lipinski definition) is 9. The molecule has 24 heavy (non-hydrogen) atoms. The summed E-state index contributed by atoms with van der Waals surface area (Å²) in [5, 5.41) is 14.2. The number of nitro groups is 1. The summed E-state index contributed by atoms with van der Waals surface area (Å²) in [6, 6.07) is 4.06. The molecular formula is C12H6N4O5S3. The largest absolute Gasteiger partial charge is 0.310 e. The Morgan fingerprint density at radius 3 is 2.79 bits per heavy atom. The maximum absolute atomic E-state index is 12.0. The van der Waals surface area contributed by atoms with Gasteiger partial charge >= 0.3 is 0 Å². The van der Waals surface area contributed by atoms with E-state index in [0.29, 0.717) is 10.2 Å². The quantitative estimate of drug-likeness (QED) is 0.265. The molecule has 1 aromatic carbocycles. The van der Waals surface area contributed by atoms with E-state index in [1.807, 2.05) is 0 Å². The van der Waals surface area contributed by atoms with E-state index >= 15 is 0 Å². The molecule has 12 heteroatoms. The Morgan fingerprint density at radius 1 is 1.42 bits per heavy atom. The van der Waals surface area contributed by atoms with Crippen molar-refractivity contribution in [2.45, 2.75) is 5.25 Å². The van der Waals surface area contributed by atoms with Crippen LogP contribution >= 0.6 is 35.3 Å². The maximum atomic E-state index is 12.0. The number of hydrogen-bond donors (Lipinski definition) is 2. The molecule has 1 saturated heterocycles. The molecule has 0 aliphatic carbocycles. The van der Waals surface area contributed by atoms with Crippen molar-refractivity contribution in [2.75, 3.05) is 5.32 Å². The van der Waals surface area contributed by atoms with Crippen LogP contribution in [0.2, 0.25) is 0 Å². The van der Waals surface area contributed by atoms with Crippen LogP contribution in [0.3, 0.4) is 0 Å². The first-order chi connectivity index (χ1) is 11.3. The summed E-state index contributed by atoms with van der Waals surface area (Å²) in [7, 11) is 0. The van der Waals surface area contributed by atoms with Crippen molar-refractivity contribution in [3.05, 3.63) is 28.3 Å². The number of thioether (sulfide) groups is 1. The van der Waals surface area contributed by atoms with Gasteiger partial charge in [0.1, 0.15) is 4.32 Å². The average Bonchev–Trinajstić information content (AvgIpc) is 3.07. The van der Waals surface area contributed by atoms with E-state index in [1.165, 1.54) is 18.2 Å². The minimum atomic E-state index is -1.21. The molecule has 3 rings (SSSR count). The third-order valence-corrected chi connectivity index (χ3v) is 5.26. The zero-order chi connectivity index (χ0) is 17.4. The van der Waals surface area contributed by atoms with Crippen molar-refractivity contribution >= 4 is 78.3 Å². The van der Waals surface area contributed by atoms with Crippen molar-refractivity contribution in [1.82, 2.24) is 10.3 Å². The molecule has 0 radical (unpaired) electrons. The lowest BCUT2D eigenvalue weighted by atomic mass is 10.2. The number of carbonyl (C=O) groups is 3. The van der Waals surface area contributed by atoms with E-state index in [4.69, 9.17) is 12.2 Å². The summed E-state index contributed by atoms with van der Waals surface area (Å²) >= 11 is 6.55. The molecule has 1 aliphatic rings. The third kappa shape index (κ3) is 3.11.